The fraction of sp³-hybridized carbons (Fsp3) is 0.0909. The van der Waals surface area contributed by atoms with Gasteiger partial charge in [-0.1, -0.05) is 18.2 Å². The molecule has 0 fully saturated rings. The summed E-state index contributed by atoms with van der Waals surface area (Å²) in [5, 5.41) is 2.75. The number of hydrogen-bond donors (Lipinski definition) is 2. The first-order chi connectivity index (χ1) is 14.9. The highest BCUT2D eigenvalue weighted by Crippen LogP contribution is 2.26. The number of hydrogen-bond acceptors (Lipinski definition) is 6. The molecule has 3 aromatic carbocycles. The minimum atomic E-state index is -3.93. The highest BCUT2D eigenvalue weighted by Gasteiger charge is 2.18. The number of carbonyl (C=O) groups is 1. The predicted octanol–water partition coefficient (Wildman–Crippen LogP) is 4.20. The lowest BCUT2D eigenvalue weighted by Gasteiger charge is -2.12. The van der Waals surface area contributed by atoms with Crippen LogP contribution in [0.2, 0.25) is 0 Å². The van der Waals surface area contributed by atoms with Gasteiger partial charge in [0.1, 0.15) is 11.3 Å². The van der Waals surface area contributed by atoms with Gasteiger partial charge in [-0.2, -0.15) is 0 Å². The summed E-state index contributed by atoms with van der Waals surface area (Å²) in [6.45, 7) is 1.74. The van der Waals surface area contributed by atoms with E-state index in [0.717, 1.165) is 0 Å². The monoisotopic (exact) mass is 437 g/mol. The summed E-state index contributed by atoms with van der Waals surface area (Å²) in [7, 11) is -2.48. The molecule has 8 nitrogen and oxygen atoms in total. The van der Waals surface area contributed by atoms with Crippen LogP contribution in [-0.2, 0) is 10.0 Å². The van der Waals surface area contributed by atoms with E-state index in [9.17, 15) is 13.2 Å². The molecule has 31 heavy (non-hydrogen) atoms. The molecule has 0 aliphatic rings. The number of methoxy groups -OCH3 is 1. The van der Waals surface area contributed by atoms with Crippen LogP contribution in [0.25, 0.3) is 11.1 Å². The molecule has 158 valence electrons. The molecule has 0 unspecified atom stereocenters. The lowest BCUT2D eigenvalue weighted by molar-refractivity contribution is 0.102. The highest BCUT2D eigenvalue weighted by atomic mass is 32.2. The van der Waals surface area contributed by atoms with Gasteiger partial charge in [0.15, 0.2) is 11.5 Å². The predicted molar refractivity (Wildman–Crippen MR) is 117 cm³/mol. The van der Waals surface area contributed by atoms with Crippen LogP contribution in [0.1, 0.15) is 16.2 Å². The molecular formula is C22H19N3O5S. The maximum absolute atomic E-state index is 12.8. The van der Waals surface area contributed by atoms with E-state index >= 15 is 0 Å². The van der Waals surface area contributed by atoms with E-state index in [1.165, 1.54) is 31.4 Å². The zero-order valence-electron chi connectivity index (χ0n) is 16.7. The molecule has 0 spiro atoms. The van der Waals surface area contributed by atoms with Crippen LogP contribution in [0.15, 0.2) is 76.0 Å². The highest BCUT2D eigenvalue weighted by molar-refractivity contribution is 7.92. The number of nitrogens with zero attached hydrogens (tertiary/aromatic N) is 1. The van der Waals surface area contributed by atoms with Gasteiger partial charge in [0, 0.05) is 18.2 Å². The van der Waals surface area contributed by atoms with E-state index in [0.29, 0.717) is 34.1 Å². The van der Waals surface area contributed by atoms with Gasteiger partial charge in [0.25, 0.3) is 15.9 Å². The molecule has 4 aromatic rings. The number of fused-ring (bicyclic) bond motifs is 1. The molecule has 0 atom stereocenters. The summed E-state index contributed by atoms with van der Waals surface area (Å²) < 4.78 is 38.8. The molecule has 0 bridgehead atoms. The Kier molecular flexibility index (Phi) is 5.35. The van der Waals surface area contributed by atoms with Crippen molar-refractivity contribution in [2.75, 3.05) is 17.1 Å². The number of anilines is 2. The number of ether oxygens (including phenoxy) is 1. The summed E-state index contributed by atoms with van der Waals surface area (Å²) in [6, 6.07) is 17.5. The molecular weight excluding hydrogens is 418 g/mol. The lowest BCUT2D eigenvalue weighted by atomic mass is 10.2. The van der Waals surface area contributed by atoms with Crippen molar-refractivity contribution in [2.24, 2.45) is 0 Å². The summed E-state index contributed by atoms with van der Waals surface area (Å²) in [5.41, 5.74) is 2.25. The van der Waals surface area contributed by atoms with Crippen molar-refractivity contribution in [1.82, 2.24) is 4.98 Å². The second-order valence-corrected chi connectivity index (χ2v) is 8.39. The van der Waals surface area contributed by atoms with Gasteiger partial charge in [-0.05, 0) is 48.5 Å². The maximum atomic E-state index is 12.8. The number of nitrogens with one attached hydrogen (secondary N) is 2. The topological polar surface area (TPSA) is 111 Å². The van der Waals surface area contributed by atoms with Gasteiger partial charge in [-0.25, -0.2) is 13.4 Å². The third kappa shape index (κ3) is 4.36. The van der Waals surface area contributed by atoms with Crippen molar-refractivity contribution in [2.45, 2.75) is 11.8 Å². The average molecular weight is 437 g/mol. The minimum absolute atomic E-state index is 0.0476. The van der Waals surface area contributed by atoms with Crippen molar-refractivity contribution in [3.63, 3.8) is 0 Å². The third-order valence-electron chi connectivity index (χ3n) is 4.51. The first-order valence-electron chi connectivity index (χ1n) is 9.30. The van der Waals surface area contributed by atoms with E-state index < -0.39 is 15.9 Å². The Balaban J connectivity index is 1.57. The van der Waals surface area contributed by atoms with Crippen LogP contribution >= 0.6 is 0 Å². The standard InChI is InChI=1S/C22H19N3O5S/c1-14-23-19-13-16(10-11-21(19)30-14)24-22(26)15-6-5-7-17(12-15)31(27,28)25-18-8-3-4-9-20(18)29-2/h3-13,25H,1-2H3,(H,24,26). The molecule has 1 aromatic heterocycles. The summed E-state index contributed by atoms with van der Waals surface area (Å²) in [4.78, 5) is 16.9. The van der Waals surface area contributed by atoms with E-state index in [1.807, 2.05) is 0 Å². The van der Waals surface area contributed by atoms with Crippen LogP contribution < -0.4 is 14.8 Å². The number of sulfonamides is 1. The molecule has 9 heteroatoms. The molecule has 0 saturated carbocycles. The van der Waals surface area contributed by atoms with E-state index in [-0.39, 0.29) is 10.5 Å². The third-order valence-corrected chi connectivity index (χ3v) is 5.87. The number of amides is 1. The molecule has 2 N–H and O–H groups in total. The average Bonchev–Trinajstić information content (AvgIpc) is 3.13. The lowest BCUT2D eigenvalue weighted by Crippen LogP contribution is -2.16. The first-order valence-corrected chi connectivity index (χ1v) is 10.8. The number of oxazole rings is 1. The number of benzene rings is 3. The largest absolute Gasteiger partial charge is 0.495 e. The van der Waals surface area contributed by atoms with Gasteiger partial charge in [0.2, 0.25) is 0 Å². The number of carbonyl (C=O) groups excluding carboxylic acids is 1. The summed E-state index contributed by atoms with van der Waals surface area (Å²) >= 11 is 0. The number of para-hydroxylation sites is 2. The van der Waals surface area contributed by atoms with Gasteiger partial charge < -0.3 is 14.5 Å². The fourth-order valence-corrected chi connectivity index (χ4v) is 4.18. The van der Waals surface area contributed by atoms with E-state index in [2.05, 4.69) is 15.0 Å². The summed E-state index contributed by atoms with van der Waals surface area (Å²) in [6.07, 6.45) is 0. The van der Waals surface area contributed by atoms with Crippen molar-refractivity contribution < 1.29 is 22.4 Å². The molecule has 4 rings (SSSR count). The van der Waals surface area contributed by atoms with Crippen molar-refractivity contribution >= 4 is 38.4 Å². The van der Waals surface area contributed by atoms with Gasteiger partial charge in [-0.15, -0.1) is 0 Å². The van der Waals surface area contributed by atoms with Crippen molar-refractivity contribution in [3.8, 4) is 5.75 Å². The molecule has 1 amide bonds. The van der Waals surface area contributed by atoms with Gasteiger partial charge in [-0.3, -0.25) is 9.52 Å². The van der Waals surface area contributed by atoms with Crippen LogP contribution in [0.5, 0.6) is 5.75 Å². The Morgan fingerprint density at radius 2 is 1.84 bits per heavy atom. The molecule has 0 saturated heterocycles. The Morgan fingerprint density at radius 1 is 1.03 bits per heavy atom. The smallest absolute Gasteiger partial charge is 0.262 e. The molecule has 0 aliphatic heterocycles. The van der Waals surface area contributed by atoms with Gasteiger partial charge >= 0.3 is 0 Å². The van der Waals surface area contributed by atoms with E-state index in [4.69, 9.17) is 9.15 Å². The second-order valence-electron chi connectivity index (χ2n) is 6.70. The minimum Gasteiger partial charge on any atom is -0.495 e. The Bertz CT molecular complexity index is 1380. The molecule has 1 heterocycles. The molecule has 0 radical (unpaired) electrons. The Labute approximate surface area is 178 Å². The Morgan fingerprint density at radius 3 is 2.65 bits per heavy atom. The fourth-order valence-electron chi connectivity index (χ4n) is 3.06. The number of aryl methyl sites for hydroxylation is 1. The number of aromatic nitrogens is 1. The Hall–Kier alpha value is -3.85. The van der Waals surface area contributed by atoms with Crippen LogP contribution in [0, 0.1) is 6.92 Å². The van der Waals surface area contributed by atoms with Crippen LogP contribution in [-0.4, -0.2) is 26.4 Å². The van der Waals surface area contributed by atoms with E-state index in [1.54, 1.807) is 49.4 Å². The zero-order chi connectivity index (χ0) is 22.0. The van der Waals surface area contributed by atoms with Crippen molar-refractivity contribution in [3.05, 3.63) is 78.2 Å². The number of rotatable bonds is 6. The first kappa shape index (κ1) is 20.4. The normalized spacial score (nSPS) is 11.3. The van der Waals surface area contributed by atoms with Crippen molar-refractivity contribution in [1.29, 1.82) is 0 Å². The van der Waals surface area contributed by atoms with Gasteiger partial charge in [0.05, 0.1) is 17.7 Å². The second kappa shape index (κ2) is 8.11. The summed E-state index contributed by atoms with van der Waals surface area (Å²) in [5.74, 6) is 0.464. The SMILES string of the molecule is COc1ccccc1NS(=O)(=O)c1cccc(C(=O)Nc2ccc3oc(C)nc3c2)c1. The quantitative estimate of drug-likeness (QED) is 0.468. The maximum Gasteiger partial charge on any atom is 0.262 e. The van der Waals surface area contributed by atoms with Crippen LogP contribution in [0.3, 0.4) is 0 Å². The molecule has 0 aliphatic carbocycles. The zero-order valence-corrected chi connectivity index (χ0v) is 17.6. The van der Waals surface area contributed by atoms with Crippen LogP contribution in [0.4, 0.5) is 11.4 Å².